The van der Waals surface area contributed by atoms with E-state index >= 15 is 0 Å². The molecule has 1 atom stereocenters. The van der Waals surface area contributed by atoms with Crippen molar-refractivity contribution in [1.82, 2.24) is 0 Å². The highest BCUT2D eigenvalue weighted by atomic mass is 16.3. The molecule has 0 heterocycles. The average molecular weight is 169 g/mol. The number of hydrogen-bond donors (Lipinski definition) is 1. The van der Waals surface area contributed by atoms with Crippen molar-refractivity contribution >= 4 is 0 Å². The number of hydrogen-bond acceptors (Lipinski definition) is 2. The van der Waals surface area contributed by atoms with E-state index in [1.165, 1.54) is 19.3 Å². The Morgan fingerprint density at radius 1 is 1.33 bits per heavy atom. The minimum Gasteiger partial charge on any atom is -0.396 e. The Bertz CT molecular complexity index is 128. The summed E-state index contributed by atoms with van der Waals surface area (Å²) in [4.78, 5) is 0. The molecule has 0 fully saturated rings. The molecule has 0 aromatic carbocycles. The van der Waals surface area contributed by atoms with Crippen molar-refractivity contribution in [3.63, 3.8) is 0 Å². The third-order valence-electron chi connectivity index (χ3n) is 2.13. The zero-order valence-corrected chi connectivity index (χ0v) is 7.92. The summed E-state index contributed by atoms with van der Waals surface area (Å²) in [7, 11) is 0. The van der Waals surface area contributed by atoms with Crippen LogP contribution in [0.2, 0.25) is 0 Å². The van der Waals surface area contributed by atoms with Crippen molar-refractivity contribution in [3.05, 3.63) is 0 Å². The summed E-state index contributed by atoms with van der Waals surface area (Å²) in [6.07, 6.45) is 6.15. The molecule has 0 rings (SSSR count). The van der Waals surface area contributed by atoms with E-state index in [4.69, 9.17) is 10.4 Å². The van der Waals surface area contributed by atoms with E-state index in [1.807, 2.05) is 0 Å². The van der Waals surface area contributed by atoms with E-state index in [1.54, 1.807) is 0 Å². The maximum atomic E-state index is 8.71. The summed E-state index contributed by atoms with van der Waals surface area (Å²) in [5.41, 5.74) is 0. The summed E-state index contributed by atoms with van der Waals surface area (Å²) < 4.78 is 0. The molecule has 2 heteroatoms. The van der Waals surface area contributed by atoms with E-state index in [0.29, 0.717) is 12.3 Å². The molecule has 0 radical (unpaired) electrons. The fourth-order valence-electron chi connectivity index (χ4n) is 1.34. The zero-order chi connectivity index (χ0) is 9.23. The van der Waals surface area contributed by atoms with Gasteiger partial charge in [0.2, 0.25) is 0 Å². The topological polar surface area (TPSA) is 44.0 Å². The number of rotatable bonds is 7. The van der Waals surface area contributed by atoms with E-state index < -0.39 is 0 Å². The summed E-state index contributed by atoms with van der Waals surface area (Å²) in [5.74, 6) is 0.423. The summed E-state index contributed by atoms with van der Waals surface area (Å²) in [5, 5.41) is 17.2. The molecular formula is C10H19NO. The Labute approximate surface area is 75.2 Å². The molecule has 0 spiro atoms. The second kappa shape index (κ2) is 8.55. The average Bonchev–Trinajstić information content (AvgIpc) is 2.06. The standard InChI is InChI=1S/C10H19NO/c1-2-3-4-5-10(6-8-11)7-9-12/h10,12H,2-7,9H2,1H3. The highest BCUT2D eigenvalue weighted by Crippen LogP contribution is 2.16. The van der Waals surface area contributed by atoms with Gasteiger partial charge in [0, 0.05) is 13.0 Å². The number of aliphatic hydroxyl groups excluding tert-OH is 1. The van der Waals surface area contributed by atoms with E-state index in [-0.39, 0.29) is 6.61 Å². The predicted octanol–water partition coefficient (Wildman–Crippen LogP) is 2.48. The molecule has 2 nitrogen and oxygen atoms in total. The van der Waals surface area contributed by atoms with Gasteiger partial charge < -0.3 is 5.11 Å². The molecule has 0 aromatic rings. The lowest BCUT2D eigenvalue weighted by atomic mass is 9.95. The summed E-state index contributed by atoms with van der Waals surface area (Å²) in [6.45, 7) is 2.39. The largest absolute Gasteiger partial charge is 0.396 e. The van der Waals surface area contributed by atoms with Crippen LogP contribution in [-0.2, 0) is 0 Å². The van der Waals surface area contributed by atoms with Gasteiger partial charge in [0.05, 0.1) is 6.07 Å². The Hall–Kier alpha value is -0.550. The van der Waals surface area contributed by atoms with Crippen LogP contribution < -0.4 is 0 Å². The molecule has 0 saturated carbocycles. The molecule has 0 amide bonds. The fraction of sp³-hybridized carbons (Fsp3) is 0.900. The first kappa shape index (κ1) is 11.4. The summed E-state index contributed by atoms with van der Waals surface area (Å²) >= 11 is 0. The SMILES string of the molecule is CCCCCC(CC#N)CCO. The Balaban J connectivity index is 3.42. The lowest BCUT2D eigenvalue weighted by Crippen LogP contribution is -2.02. The van der Waals surface area contributed by atoms with Crippen molar-refractivity contribution in [2.75, 3.05) is 6.61 Å². The van der Waals surface area contributed by atoms with Gasteiger partial charge >= 0.3 is 0 Å². The van der Waals surface area contributed by atoms with Crippen LogP contribution in [0.25, 0.3) is 0 Å². The minimum absolute atomic E-state index is 0.221. The third-order valence-corrected chi connectivity index (χ3v) is 2.13. The highest BCUT2D eigenvalue weighted by Gasteiger charge is 2.06. The molecule has 0 bridgehead atoms. The number of unbranched alkanes of at least 4 members (excludes halogenated alkanes) is 2. The predicted molar refractivity (Wildman–Crippen MR) is 49.6 cm³/mol. The van der Waals surface area contributed by atoms with Crippen LogP contribution in [0, 0.1) is 17.2 Å². The maximum Gasteiger partial charge on any atom is 0.0624 e. The normalized spacial score (nSPS) is 12.4. The van der Waals surface area contributed by atoms with Crippen molar-refractivity contribution in [2.45, 2.75) is 45.4 Å². The first-order chi connectivity index (χ1) is 5.85. The quantitative estimate of drug-likeness (QED) is 0.595. The van der Waals surface area contributed by atoms with Gasteiger partial charge in [-0.15, -0.1) is 0 Å². The zero-order valence-electron chi connectivity index (χ0n) is 7.92. The third kappa shape index (κ3) is 6.18. The Kier molecular flexibility index (Phi) is 8.15. The van der Waals surface area contributed by atoms with Gasteiger partial charge in [-0.1, -0.05) is 26.2 Å². The van der Waals surface area contributed by atoms with Gasteiger partial charge in [0.1, 0.15) is 0 Å². The molecule has 1 unspecified atom stereocenters. The first-order valence-corrected chi connectivity index (χ1v) is 4.83. The molecule has 1 N–H and O–H groups in total. The molecule has 12 heavy (non-hydrogen) atoms. The van der Waals surface area contributed by atoms with E-state index in [2.05, 4.69) is 13.0 Å². The number of nitriles is 1. The first-order valence-electron chi connectivity index (χ1n) is 4.83. The molecule has 0 aliphatic rings. The fourth-order valence-corrected chi connectivity index (χ4v) is 1.34. The number of nitrogens with zero attached hydrogens (tertiary/aromatic N) is 1. The molecule has 70 valence electrons. The number of aliphatic hydroxyl groups is 1. The van der Waals surface area contributed by atoms with Gasteiger partial charge in [-0.2, -0.15) is 5.26 Å². The van der Waals surface area contributed by atoms with Crippen LogP contribution >= 0.6 is 0 Å². The van der Waals surface area contributed by atoms with Crippen LogP contribution in [0.3, 0.4) is 0 Å². The van der Waals surface area contributed by atoms with Crippen molar-refractivity contribution in [3.8, 4) is 6.07 Å². The maximum absolute atomic E-state index is 8.71. The second-order valence-corrected chi connectivity index (χ2v) is 3.24. The Morgan fingerprint density at radius 2 is 2.08 bits per heavy atom. The van der Waals surface area contributed by atoms with Crippen molar-refractivity contribution in [2.24, 2.45) is 5.92 Å². The molecule has 0 saturated heterocycles. The van der Waals surface area contributed by atoms with Crippen LogP contribution in [0.4, 0.5) is 0 Å². The molecular weight excluding hydrogens is 150 g/mol. The molecule has 0 aliphatic carbocycles. The second-order valence-electron chi connectivity index (χ2n) is 3.24. The molecule has 0 aliphatic heterocycles. The lowest BCUT2D eigenvalue weighted by Gasteiger charge is -2.10. The Morgan fingerprint density at radius 3 is 2.58 bits per heavy atom. The molecule has 0 aromatic heterocycles. The minimum atomic E-state index is 0.221. The van der Waals surface area contributed by atoms with Crippen LogP contribution in [0.1, 0.15) is 45.4 Å². The smallest absolute Gasteiger partial charge is 0.0624 e. The van der Waals surface area contributed by atoms with Crippen LogP contribution in [-0.4, -0.2) is 11.7 Å². The van der Waals surface area contributed by atoms with Crippen LogP contribution in [0.15, 0.2) is 0 Å². The highest BCUT2D eigenvalue weighted by molar-refractivity contribution is 4.75. The van der Waals surface area contributed by atoms with Gasteiger partial charge in [0.25, 0.3) is 0 Å². The van der Waals surface area contributed by atoms with Crippen LogP contribution in [0.5, 0.6) is 0 Å². The van der Waals surface area contributed by atoms with Gasteiger partial charge in [0.15, 0.2) is 0 Å². The van der Waals surface area contributed by atoms with E-state index in [9.17, 15) is 0 Å². The van der Waals surface area contributed by atoms with Crippen molar-refractivity contribution < 1.29 is 5.11 Å². The van der Waals surface area contributed by atoms with Gasteiger partial charge in [-0.25, -0.2) is 0 Å². The van der Waals surface area contributed by atoms with Gasteiger partial charge in [-0.3, -0.25) is 0 Å². The summed E-state index contributed by atoms with van der Waals surface area (Å²) in [6, 6.07) is 2.17. The monoisotopic (exact) mass is 169 g/mol. The lowest BCUT2D eigenvalue weighted by molar-refractivity contribution is 0.251. The van der Waals surface area contributed by atoms with E-state index in [0.717, 1.165) is 12.8 Å². The van der Waals surface area contributed by atoms with Crippen molar-refractivity contribution in [1.29, 1.82) is 5.26 Å². The van der Waals surface area contributed by atoms with Gasteiger partial charge in [-0.05, 0) is 18.8 Å².